The number of thioether (sulfide) groups is 1. The molecule has 170 valence electrons. The number of hydrogen-bond donors (Lipinski definition) is 1. The first-order valence-corrected chi connectivity index (χ1v) is 12.6. The van der Waals surface area contributed by atoms with Crippen molar-refractivity contribution in [3.63, 3.8) is 0 Å². The average molecular weight is 453 g/mol. The van der Waals surface area contributed by atoms with Gasteiger partial charge in [-0.1, -0.05) is 36.4 Å². The number of morpholine rings is 1. The Balaban J connectivity index is 1.33. The van der Waals surface area contributed by atoms with Gasteiger partial charge in [-0.25, -0.2) is 4.98 Å². The lowest BCUT2D eigenvalue weighted by molar-refractivity contribution is -0.121. The molecule has 2 unspecified atom stereocenters. The maximum atomic E-state index is 12.7. The highest BCUT2D eigenvalue weighted by atomic mass is 32.2. The summed E-state index contributed by atoms with van der Waals surface area (Å²) < 4.78 is 7.84. The molecule has 32 heavy (non-hydrogen) atoms. The van der Waals surface area contributed by atoms with E-state index in [-0.39, 0.29) is 24.7 Å². The van der Waals surface area contributed by atoms with E-state index in [0.29, 0.717) is 6.54 Å². The Morgan fingerprint density at radius 3 is 2.50 bits per heavy atom. The molecule has 2 aromatic carbocycles. The Morgan fingerprint density at radius 2 is 1.78 bits per heavy atom. The predicted molar refractivity (Wildman–Crippen MR) is 131 cm³/mol. The van der Waals surface area contributed by atoms with E-state index in [1.807, 2.05) is 35.1 Å². The lowest BCUT2D eigenvalue weighted by atomic mass is 10.1. The highest BCUT2D eigenvalue weighted by Gasteiger charge is 2.22. The molecule has 0 radical (unpaired) electrons. The van der Waals surface area contributed by atoms with Gasteiger partial charge in [0.2, 0.25) is 5.91 Å². The van der Waals surface area contributed by atoms with Crippen molar-refractivity contribution in [3.8, 4) is 0 Å². The van der Waals surface area contributed by atoms with Crippen molar-refractivity contribution in [2.24, 2.45) is 0 Å². The summed E-state index contributed by atoms with van der Waals surface area (Å²) in [7, 11) is 0. The number of carbonyl (C=O) groups excluding carboxylic acids is 1. The van der Waals surface area contributed by atoms with Crippen LogP contribution in [-0.2, 0) is 34.9 Å². The van der Waals surface area contributed by atoms with Crippen molar-refractivity contribution >= 4 is 28.7 Å². The van der Waals surface area contributed by atoms with Crippen LogP contribution in [-0.4, -0.2) is 51.9 Å². The third kappa shape index (κ3) is 5.71. The molecule has 0 bridgehead atoms. The molecule has 0 aliphatic carbocycles. The minimum absolute atomic E-state index is 0.00382. The largest absolute Gasteiger partial charge is 0.373 e. The van der Waals surface area contributed by atoms with E-state index in [1.54, 1.807) is 11.8 Å². The van der Waals surface area contributed by atoms with Crippen LogP contribution < -0.4 is 5.32 Å². The summed E-state index contributed by atoms with van der Waals surface area (Å²) >= 11 is 1.71. The minimum atomic E-state index is -0.00382. The van der Waals surface area contributed by atoms with Crippen molar-refractivity contribution in [2.45, 2.75) is 51.4 Å². The van der Waals surface area contributed by atoms with Gasteiger partial charge in [0.05, 0.1) is 29.0 Å². The van der Waals surface area contributed by atoms with Crippen LogP contribution in [0.1, 0.15) is 30.8 Å². The Hall–Kier alpha value is -2.35. The first-order valence-electron chi connectivity index (χ1n) is 11.2. The number of fused-ring (bicyclic) bond motifs is 1. The molecule has 2 heterocycles. The van der Waals surface area contributed by atoms with Crippen LogP contribution in [0.4, 0.5) is 0 Å². The normalized spacial score (nSPS) is 19.3. The summed E-state index contributed by atoms with van der Waals surface area (Å²) in [6.45, 7) is 7.91. The topological polar surface area (TPSA) is 59.4 Å². The highest BCUT2D eigenvalue weighted by Crippen LogP contribution is 2.19. The van der Waals surface area contributed by atoms with Gasteiger partial charge in [-0.2, -0.15) is 11.8 Å². The van der Waals surface area contributed by atoms with E-state index < -0.39 is 0 Å². The minimum Gasteiger partial charge on any atom is -0.373 e. The van der Waals surface area contributed by atoms with Gasteiger partial charge in [0, 0.05) is 26.2 Å². The maximum absolute atomic E-state index is 12.7. The van der Waals surface area contributed by atoms with Crippen LogP contribution in [0.2, 0.25) is 0 Å². The van der Waals surface area contributed by atoms with Crippen molar-refractivity contribution in [2.75, 3.05) is 19.3 Å². The summed E-state index contributed by atoms with van der Waals surface area (Å²) in [5, 5.41) is 3.06. The summed E-state index contributed by atoms with van der Waals surface area (Å²) in [6.07, 6.45) is 2.60. The molecule has 1 amide bonds. The zero-order valence-corrected chi connectivity index (χ0v) is 19.9. The lowest BCUT2D eigenvalue weighted by Gasteiger charge is -2.35. The Morgan fingerprint density at radius 1 is 1.09 bits per heavy atom. The molecule has 1 aliphatic heterocycles. The summed E-state index contributed by atoms with van der Waals surface area (Å²) in [6, 6.07) is 16.5. The van der Waals surface area contributed by atoms with Crippen LogP contribution in [0.5, 0.6) is 0 Å². The van der Waals surface area contributed by atoms with E-state index in [9.17, 15) is 4.79 Å². The second-order valence-corrected chi connectivity index (χ2v) is 9.45. The molecule has 7 heteroatoms. The summed E-state index contributed by atoms with van der Waals surface area (Å²) in [4.78, 5) is 19.8. The summed E-state index contributed by atoms with van der Waals surface area (Å²) in [5.41, 5.74) is 4.32. The molecule has 4 rings (SSSR count). The van der Waals surface area contributed by atoms with E-state index in [2.05, 4.69) is 48.3 Å². The second-order valence-electron chi connectivity index (χ2n) is 8.58. The smallest absolute Gasteiger partial charge is 0.240 e. The molecule has 1 aromatic heterocycles. The Labute approximate surface area is 194 Å². The first-order chi connectivity index (χ1) is 15.5. The van der Waals surface area contributed by atoms with Gasteiger partial charge in [-0.05, 0) is 43.4 Å². The number of benzene rings is 2. The van der Waals surface area contributed by atoms with Gasteiger partial charge >= 0.3 is 0 Å². The molecule has 0 saturated carbocycles. The van der Waals surface area contributed by atoms with Crippen molar-refractivity contribution < 1.29 is 9.53 Å². The number of aromatic nitrogens is 2. The zero-order chi connectivity index (χ0) is 22.5. The quantitative estimate of drug-likeness (QED) is 0.563. The fourth-order valence-corrected chi connectivity index (χ4v) is 4.85. The highest BCUT2D eigenvalue weighted by molar-refractivity contribution is 7.97. The third-order valence-electron chi connectivity index (χ3n) is 5.72. The van der Waals surface area contributed by atoms with Crippen molar-refractivity contribution in [1.82, 2.24) is 19.8 Å². The molecule has 1 aliphatic rings. The summed E-state index contributed by atoms with van der Waals surface area (Å²) in [5.74, 6) is 1.71. The number of nitrogens with one attached hydrogen (secondary N) is 1. The van der Waals surface area contributed by atoms with E-state index in [4.69, 9.17) is 9.72 Å². The Bertz CT molecular complexity index is 1040. The van der Waals surface area contributed by atoms with Crippen LogP contribution >= 0.6 is 11.8 Å². The van der Waals surface area contributed by atoms with E-state index in [0.717, 1.165) is 47.8 Å². The van der Waals surface area contributed by atoms with Gasteiger partial charge in [0.15, 0.2) is 0 Å². The standard InChI is InChI=1S/C25H32N4O2S/c1-18-13-28(14-19(2)31-18)15-21-10-8-20(9-11-21)12-26-25(30)16-29-23-7-5-4-6-22(23)27-24(29)17-32-3/h4-11,18-19H,12-17H2,1-3H3,(H,26,30). The SMILES string of the molecule is CSCc1nc2ccccc2n1CC(=O)NCc1ccc(CN2CC(C)OC(C)C2)cc1. The van der Waals surface area contributed by atoms with Crippen LogP contribution in [0.25, 0.3) is 11.0 Å². The number of nitrogens with zero attached hydrogens (tertiary/aromatic N) is 3. The molecule has 1 saturated heterocycles. The van der Waals surface area contributed by atoms with Crippen LogP contribution in [0, 0.1) is 0 Å². The fraction of sp³-hybridized carbons (Fsp3) is 0.440. The van der Waals surface area contributed by atoms with Crippen LogP contribution in [0.3, 0.4) is 0 Å². The number of para-hydroxylation sites is 2. The van der Waals surface area contributed by atoms with Crippen molar-refractivity contribution in [3.05, 3.63) is 65.5 Å². The van der Waals surface area contributed by atoms with Gasteiger partial charge in [0.25, 0.3) is 0 Å². The molecule has 3 aromatic rings. The molecular formula is C25H32N4O2S. The number of imidazole rings is 1. The fourth-order valence-electron chi connectivity index (χ4n) is 4.38. The lowest BCUT2D eigenvalue weighted by Crippen LogP contribution is -2.44. The maximum Gasteiger partial charge on any atom is 0.240 e. The Kier molecular flexibility index (Phi) is 7.50. The number of ether oxygens (including phenoxy) is 1. The molecule has 1 N–H and O–H groups in total. The zero-order valence-electron chi connectivity index (χ0n) is 19.1. The van der Waals surface area contributed by atoms with E-state index in [1.165, 1.54) is 5.56 Å². The van der Waals surface area contributed by atoms with Gasteiger partial charge in [-0.3, -0.25) is 9.69 Å². The van der Waals surface area contributed by atoms with Gasteiger partial charge in [-0.15, -0.1) is 0 Å². The van der Waals surface area contributed by atoms with Crippen molar-refractivity contribution in [1.29, 1.82) is 0 Å². The van der Waals surface area contributed by atoms with Gasteiger partial charge < -0.3 is 14.6 Å². The van der Waals surface area contributed by atoms with Crippen LogP contribution in [0.15, 0.2) is 48.5 Å². The molecule has 1 fully saturated rings. The number of rotatable bonds is 8. The third-order valence-corrected chi connectivity index (χ3v) is 6.27. The molecule has 2 atom stereocenters. The number of carbonyl (C=O) groups is 1. The predicted octanol–water partition coefficient (Wildman–Crippen LogP) is 3.82. The first kappa shape index (κ1) is 22.8. The monoisotopic (exact) mass is 452 g/mol. The van der Waals surface area contributed by atoms with E-state index >= 15 is 0 Å². The second kappa shape index (κ2) is 10.5. The average Bonchev–Trinajstić information content (AvgIpc) is 3.10. The number of hydrogen-bond acceptors (Lipinski definition) is 5. The molecular weight excluding hydrogens is 420 g/mol. The number of amides is 1. The van der Waals surface area contributed by atoms with Gasteiger partial charge in [0.1, 0.15) is 12.4 Å². The molecule has 0 spiro atoms. The molecule has 6 nitrogen and oxygen atoms in total.